The van der Waals surface area contributed by atoms with Crippen molar-refractivity contribution in [3.05, 3.63) is 0 Å². The van der Waals surface area contributed by atoms with Crippen LogP contribution in [0.3, 0.4) is 0 Å². The maximum atomic E-state index is 11.9. The maximum absolute atomic E-state index is 11.9. The molecule has 0 bridgehead atoms. The molecular formula is C11H15NO4. The highest BCUT2D eigenvalue weighted by Gasteiger charge is 2.52. The molecule has 3 atom stereocenters. The minimum Gasteiger partial charge on any atom is -0.480 e. The van der Waals surface area contributed by atoms with Crippen LogP contribution in [0, 0.1) is 11.8 Å². The van der Waals surface area contributed by atoms with Crippen molar-refractivity contribution in [1.82, 2.24) is 4.90 Å². The number of amides is 2. The smallest absolute Gasteiger partial charge is 0.326 e. The lowest BCUT2D eigenvalue weighted by molar-refractivity contribution is -0.155. The Morgan fingerprint density at radius 2 is 1.88 bits per heavy atom. The average molecular weight is 225 g/mol. The first kappa shape index (κ1) is 11.1. The summed E-state index contributed by atoms with van der Waals surface area (Å²) in [6, 6.07) is -0.981. The summed E-state index contributed by atoms with van der Waals surface area (Å²) in [5.41, 5.74) is 0. The van der Waals surface area contributed by atoms with Crippen molar-refractivity contribution < 1.29 is 19.5 Å². The molecule has 0 aromatic rings. The summed E-state index contributed by atoms with van der Waals surface area (Å²) in [5.74, 6) is -2.14. The Labute approximate surface area is 93.4 Å². The zero-order chi connectivity index (χ0) is 11.9. The predicted octanol–water partition coefficient (Wildman–Crippen LogP) is 0.635. The number of likely N-dealkylation sites (tertiary alicyclic amines) is 1. The zero-order valence-electron chi connectivity index (χ0n) is 9.18. The van der Waals surface area contributed by atoms with Crippen molar-refractivity contribution in [3.63, 3.8) is 0 Å². The highest BCUT2D eigenvalue weighted by atomic mass is 16.4. The first-order valence-corrected chi connectivity index (χ1v) is 5.67. The van der Waals surface area contributed by atoms with E-state index in [2.05, 4.69) is 0 Å². The molecule has 2 fully saturated rings. The third kappa shape index (κ3) is 1.42. The molecule has 2 amide bonds. The fourth-order valence-electron chi connectivity index (χ4n) is 2.79. The third-order valence-electron chi connectivity index (χ3n) is 3.61. The molecule has 16 heavy (non-hydrogen) atoms. The minimum atomic E-state index is -1.09. The Hall–Kier alpha value is -1.39. The van der Waals surface area contributed by atoms with Gasteiger partial charge in [-0.1, -0.05) is 13.3 Å². The number of carboxylic acids is 1. The second-order valence-electron chi connectivity index (χ2n) is 4.45. The Balaban J connectivity index is 2.26. The molecule has 1 saturated heterocycles. The molecule has 0 aromatic carbocycles. The zero-order valence-corrected chi connectivity index (χ0v) is 9.18. The molecule has 2 aliphatic rings. The van der Waals surface area contributed by atoms with Gasteiger partial charge in [-0.25, -0.2) is 4.79 Å². The summed E-state index contributed by atoms with van der Waals surface area (Å²) in [6.45, 7) is 1.67. The van der Waals surface area contributed by atoms with E-state index in [1.807, 2.05) is 0 Å². The second-order valence-corrected chi connectivity index (χ2v) is 4.45. The van der Waals surface area contributed by atoms with Gasteiger partial charge in [0, 0.05) is 0 Å². The van der Waals surface area contributed by atoms with Crippen molar-refractivity contribution in [2.75, 3.05) is 0 Å². The van der Waals surface area contributed by atoms with Crippen LogP contribution in [0.25, 0.3) is 0 Å². The highest BCUT2D eigenvalue weighted by Crippen LogP contribution is 2.40. The van der Waals surface area contributed by atoms with E-state index >= 15 is 0 Å². The van der Waals surface area contributed by atoms with E-state index in [1.165, 1.54) is 0 Å². The maximum Gasteiger partial charge on any atom is 0.326 e. The van der Waals surface area contributed by atoms with E-state index in [4.69, 9.17) is 5.11 Å². The van der Waals surface area contributed by atoms with E-state index in [0.717, 1.165) is 24.2 Å². The Morgan fingerprint density at radius 1 is 1.38 bits per heavy atom. The monoisotopic (exact) mass is 225 g/mol. The molecule has 1 aliphatic heterocycles. The van der Waals surface area contributed by atoms with E-state index < -0.39 is 12.0 Å². The number of fused-ring (bicyclic) bond motifs is 1. The van der Waals surface area contributed by atoms with Gasteiger partial charge in [0.15, 0.2) is 0 Å². The summed E-state index contributed by atoms with van der Waals surface area (Å²) >= 11 is 0. The lowest BCUT2D eigenvalue weighted by Gasteiger charge is -2.22. The molecule has 1 aliphatic carbocycles. The van der Waals surface area contributed by atoms with Crippen molar-refractivity contribution in [2.24, 2.45) is 11.8 Å². The van der Waals surface area contributed by atoms with Gasteiger partial charge in [-0.05, 0) is 19.3 Å². The lowest BCUT2D eigenvalue weighted by Crippen LogP contribution is -2.45. The van der Waals surface area contributed by atoms with Gasteiger partial charge in [-0.2, -0.15) is 0 Å². The number of hydrogen-bond donors (Lipinski definition) is 1. The number of imide groups is 1. The molecule has 3 unspecified atom stereocenters. The van der Waals surface area contributed by atoms with Crippen LogP contribution in [0.5, 0.6) is 0 Å². The van der Waals surface area contributed by atoms with Crippen molar-refractivity contribution in [3.8, 4) is 0 Å². The number of aliphatic carboxylic acids is 1. The van der Waals surface area contributed by atoms with Gasteiger partial charge in [0.2, 0.25) is 11.8 Å². The molecule has 1 saturated carbocycles. The van der Waals surface area contributed by atoms with Crippen LogP contribution in [0.15, 0.2) is 0 Å². The van der Waals surface area contributed by atoms with Crippen LogP contribution in [0.4, 0.5) is 0 Å². The number of carbonyl (C=O) groups excluding carboxylic acids is 2. The Bertz CT molecular complexity index is 330. The van der Waals surface area contributed by atoms with Gasteiger partial charge in [0.25, 0.3) is 0 Å². The molecular weight excluding hydrogens is 210 g/mol. The quantitative estimate of drug-likeness (QED) is 0.715. The van der Waals surface area contributed by atoms with Crippen molar-refractivity contribution in [2.45, 2.75) is 38.6 Å². The number of carboxylic acid groups (broad SMARTS) is 1. The predicted molar refractivity (Wildman–Crippen MR) is 54.4 cm³/mol. The number of carbonyl (C=O) groups is 3. The highest BCUT2D eigenvalue weighted by molar-refractivity contribution is 6.07. The second kappa shape index (κ2) is 3.88. The Morgan fingerprint density at radius 3 is 2.25 bits per heavy atom. The molecule has 5 heteroatoms. The van der Waals surface area contributed by atoms with Crippen LogP contribution in [-0.2, 0) is 14.4 Å². The van der Waals surface area contributed by atoms with E-state index in [1.54, 1.807) is 6.92 Å². The molecule has 1 heterocycles. The first-order chi connectivity index (χ1) is 7.57. The molecule has 88 valence electrons. The molecule has 5 nitrogen and oxygen atoms in total. The van der Waals surface area contributed by atoms with Gasteiger partial charge in [-0.3, -0.25) is 14.5 Å². The van der Waals surface area contributed by atoms with Crippen LogP contribution in [0.1, 0.15) is 32.6 Å². The summed E-state index contributed by atoms with van der Waals surface area (Å²) in [4.78, 5) is 35.9. The van der Waals surface area contributed by atoms with E-state index in [9.17, 15) is 14.4 Å². The van der Waals surface area contributed by atoms with Gasteiger partial charge in [0.1, 0.15) is 6.04 Å². The van der Waals surface area contributed by atoms with Gasteiger partial charge >= 0.3 is 5.97 Å². The van der Waals surface area contributed by atoms with Crippen LogP contribution >= 0.6 is 0 Å². The average Bonchev–Trinajstić information content (AvgIpc) is 2.78. The fourth-order valence-corrected chi connectivity index (χ4v) is 2.79. The largest absolute Gasteiger partial charge is 0.480 e. The molecule has 0 radical (unpaired) electrons. The summed E-state index contributed by atoms with van der Waals surface area (Å²) < 4.78 is 0. The molecule has 0 aromatic heterocycles. The first-order valence-electron chi connectivity index (χ1n) is 5.67. The van der Waals surface area contributed by atoms with Crippen molar-refractivity contribution >= 4 is 17.8 Å². The van der Waals surface area contributed by atoms with E-state index in [-0.39, 0.29) is 30.1 Å². The minimum absolute atomic E-state index is 0.249. The number of hydrogen-bond acceptors (Lipinski definition) is 3. The molecule has 2 rings (SSSR count). The fraction of sp³-hybridized carbons (Fsp3) is 0.727. The number of nitrogens with zero attached hydrogens (tertiary/aromatic N) is 1. The van der Waals surface area contributed by atoms with Gasteiger partial charge in [-0.15, -0.1) is 0 Å². The van der Waals surface area contributed by atoms with Crippen molar-refractivity contribution in [1.29, 1.82) is 0 Å². The van der Waals surface area contributed by atoms with Gasteiger partial charge < -0.3 is 5.11 Å². The Kier molecular flexibility index (Phi) is 2.69. The van der Waals surface area contributed by atoms with E-state index in [0.29, 0.717) is 0 Å². The SMILES string of the molecule is CCC(C(=O)O)N1C(=O)C2CCCC2C1=O. The topological polar surface area (TPSA) is 74.7 Å². The normalized spacial score (nSPS) is 30.7. The van der Waals surface area contributed by atoms with Crippen LogP contribution < -0.4 is 0 Å². The van der Waals surface area contributed by atoms with Gasteiger partial charge in [0.05, 0.1) is 11.8 Å². The standard InChI is InChI=1S/C11H15NO4/c1-2-8(11(15)16)12-9(13)6-4-3-5-7(6)10(12)14/h6-8H,2-5H2,1H3,(H,15,16). The summed E-state index contributed by atoms with van der Waals surface area (Å²) in [6.07, 6.45) is 2.61. The molecule has 0 spiro atoms. The summed E-state index contributed by atoms with van der Waals surface area (Å²) in [5, 5.41) is 8.99. The van der Waals surface area contributed by atoms with Crippen LogP contribution in [0.2, 0.25) is 0 Å². The van der Waals surface area contributed by atoms with Crippen LogP contribution in [-0.4, -0.2) is 33.8 Å². The summed E-state index contributed by atoms with van der Waals surface area (Å²) in [7, 11) is 0. The third-order valence-corrected chi connectivity index (χ3v) is 3.61. The number of rotatable bonds is 3. The lowest BCUT2D eigenvalue weighted by atomic mass is 10.00. The molecule has 1 N–H and O–H groups in total.